The average molecular weight is 284 g/mol. The van der Waals surface area contributed by atoms with Crippen molar-refractivity contribution in [3.8, 4) is 0 Å². The van der Waals surface area contributed by atoms with Gasteiger partial charge in [-0.1, -0.05) is 28.1 Å². The summed E-state index contributed by atoms with van der Waals surface area (Å²) in [7, 11) is 0. The van der Waals surface area contributed by atoms with Gasteiger partial charge in [-0.25, -0.2) is 0 Å². The summed E-state index contributed by atoms with van der Waals surface area (Å²) < 4.78 is 1.02. The Balaban J connectivity index is 2.85. The third-order valence-electron chi connectivity index (χ3n) is 2.79. The molecule has 0 aliphatic carbocycles. The molecular formula is C13H18BrNO. The Labute approximate surface area is 106 Å². The smallest absolute Gasteiger partial charge is 0.229 e. The first-order chi connectivity index (χ1) is 7.60. The molecule has 0 N–H and O–H groups in total. The summed E-state index contributed by atoms with van der Waals surface area (Å²) in [6.07, 6.45) is 0. The lowest BCUT2D eigenvalue weighted by molar-refractivity contribution is -0.132. The zero-order valence-electron chi connectivity index (χ0n) is 10.0. The highest BCUT2D eigenvalue weighted by atomic mass is 79.9. The van der Waals surface area contributed by atoms with Gasteiger partial charge >= 0.3 is 0 Å². The van der Waals surface area contributed by atoms with E-state index in [1.54, 1.807) is 0 Å². The van der Waals surface area contributed by atoms with Crippen LogP contribution in [0.3, 0.4) is 0 Å². The standard InChI is InChI=1S/C13H18BrNO/c1-4-15(5-2)13(16)10(3)11-7-6-8-12(14)9-11/h6-10H,4-5H2,1-3H3. The van der Waals surface area contributed by atoms with Crippen LogP contribution in [0.2, 0.25) is 0 Å². The van der Waals surface area contributed by atoms with Crippen LogP contribution >= 0.6 is 15.9 Å². The molecule has 0 bridgehead atoms. The van der Waals surface area contributed by atoms with Gasteiger partial charge in [0.1, 0.15) is 0 Å². The average Bonchev–Trinajstić information content (AvgIpc) is 2.29. The number of rotatable bonds is 4. The predicted molar refractivity (Wildman–Crippen MR) is 70.5 cm³/mol. The molecule has 1 aromatic carbocycles. The van der Waals surface area contributed by atoms with E-state index in [4.69, 9.17) is 0 Å². The van der Waals surface area contributed by atoms with Crippen LogP contribution in [-0.4, -0.2) is 23.9 Å². The van der Waals surface area contributed by atoms with E-state index in [-0.39, 0.29) is 11.8 Å². The van der Waals surface area contributed by atoms with Crippen molar-refractivity contribution in [2.75, 3.05) is 13.1 Å². The number of likely N-dealkylation sites (N-methyl/N-ethyl adjacent to an activating group) is 1. The van der Waals surface area contributed by atoms with Crippen molar-refractivity contribution in [1.29, 1.82) is 0 Å². The minimum atomic E-state index is -0.0719. The van der Waals surface area contributed by atoms with Crippen LogP contribution in [-0.2, 0) is 4.79 Å². The molecule has 3 heteroatoms. The first-order valence-electron chi connectivity index (χ1n) is 5.64. The van der Waals surface area contributed by atoms with Crippen LogP contribution in [0, 0.1) is 0 Å². The zero-order valence-corrected chi connectivity index (χ0v) is 11.6. The molecule has 1 unspecified atom stereocenters. The van der Waals surface area contributed by atoms with Gasteiger partial charge in [-0.15, -0.1) is 0 Å². The largest absolute Gasteiger partial charge is 0.343 e. The van der Waals surface area contributed by atoms with Crippen molar-refractivity contribution >= 4 is 21.8 Å². The predicted octanol–water partition coefficient (Wildman–Crippen LogP) is 3.42. The summed E-state index contributed by atoms with van der Waals surface area (Å²) in [5, 5.41) is 0. The fourth-order valence-corrected chi connectivity index (χ4v) is 2.14. The molecule has 2 nitrogen and oxygen atoms in total. The van der Waals surface area contributed by atoms with Gasteiger partial charge in [0.25, 0.3) is 0 Å². The maximum atomic E-state index is 12.1. The van der Waals surface area contributed by atoms with E-state index in [0.29, 0.717) is 0 Å². The van der Waals surface area contributed by atoms with E-state index in [2.05, 4.69) is 15.9 Å². The molecule has 1 amide bonds. The van der Waals surface area contributed by atoms with Crippen LogP contribution in [0.4, 0.5) is 0 Å². The second-order valence-electron chi connectivity index (χ2n) is 3.79. The first kappa shape index (κ1) is 13.2. The third-order valence-corrected chi connectivity index (χ3v) is 3.29. The topological polar surface area (TPSA) is 20.3 Å². The minimum Gasteiger partial charge on any atom is -0.343 e. The normalized spacial score (nSPS) is 12.2. The van der Waals surface area contributed by atoms with Crippen LogP contribution < -0.4 is 0 Å². The quantitative estimate of drug-likeness (QED) is 0.829. The lowest BCUT2D eigenvalue weighted by atomic mass is 10.00. The number of benzene rings is 1. The molecule has 0 radical (unpaired) electrons. The molecule has 0 spiro atoms. The van der Waals surface area contributed by atoms with E-state index < -0.39 is 0 Å². The van der Waals surface area contributed by atoms with Gasteiger partial charge in [0, 0.05) is 17.6 Å². The van der Waals surface area contributed by atoms with Gasteiger partial charge in [0.2, 0.25) is 5.91 Å². The number of carbonyl (C=O) groups excluding carboxylic acids is 1. The van der Waals surface area contributed by atoms with Crippen LogP contribution in [0.1, 0.15) is 32.3 Å². The van der Waals surface area contributed by atoms with Crippen molar-refractivity contribution in [1.82, 2.24) is 4.90 Å². The molecular weight excluding hydrogens is 266 g/mol. The second kappa shape index (κ2) is 6.04. The number of hydrogen-bond donors (Lipinski definition) is 0. The maximum absolute atomic E-state index is 12.1. The molecule has 0 saturated heterocycles. The molecule has 16 heavy (non-hydrogen) atoms. The summed E-state index contributed by atoms with van der Waals surface area (Å²) in [6.45, 7) is 7.52. The molecule has 1 aromatic rings. The molecule has 0 saturated carbocycles. The van der Waals surface area contributed by atoms with Crippen molar-refractivity contribution in [2.45, 2.75) is 26.7 Å². The monoisotopic (exact) mass is 283 g/mol. The third kappa shape index (κ3) is 3.08. The number of amides is 1. The van der Waals surface area contributed by atoms with Gasteiger partial charge in [0.15, 0.2) is 0 Å². The van der Waals surface area contributed by atoms with Crippen molar-refractivity contribution in [3.05, 3.63) is 34.3 Å². The summed E-state index contributed by atoms with van der Waals surface area (Å²) in [4.78, 5) is 14.0. The molecule has 0 heterocycles. The second-order valence-corrected chi connectivity index (χ2v) is 4.70. The lowest BCUT2D eigenvalue weighted by Crippen LogP contribution is -2.33. The van der Waals surface area contributed by atoms with Gasteiger partial charge in [-0.05, 0) is 38.5 Å². The number of hydrogen-bond acceptors (Lipinski definition) is 1. The molecule has 1 atom stereocenters. The summed E-state index contributed by atoms with van der Waals surface area (Å²) in [5.74, 6) is 0.125. The first-order valence-corrected chi connectivity index (χ1v) is 6.43. The maximum Gasteiger partial charge on any atom is 0.229 e. The molecule has 88 valence electrons. The molecule has 0 aliphatic rings. The van der Waals surface area contributed by atoms with E-state index in [0.717, 1.165) is 23.1 Å². The number of halogens is 1. The fourth-order valence-electron chi connectivity index (χ4n) is 1.73. The Morgan fingerprint density at radius 3 is 2.50 bits per heavy atom. The van der Waals surface area contributed by atoms with Crippen molar-refractivity contribution in [2.24, 2.45) is 0 Å². The molecule has 0 aromatic heterocycles. The Hall–Kier alpha value is -0.830. The summed E-state index contributed by atoms with van der Waals surface area (Å²) in [5.41, 5.74) is 1.06. The van der Waals surface area contributed by atoms with E-state index in [1.807, 2.05) is 49.9 Å². The van der Waals surface area contributed by atoms with E-state index in [9.17, 15) is 4.79 Å². The van der Waals surface area contributed by atoms with Gasteiger partial charge in [-0.2, -0.15) is 0 Å². The van der Waals surface area contributed by atoms with Crippen LogP contribution in [0.15, 0.2) is 28.7 Å². The molecule has 1 rings (SSSR count). The summed E-state index contributed by atoms with van der Waals surface area (Å²) in [6, 6.07) is 7.94. The fraction of sp³-hybridized carbons (Fsp3) is 0.462. The Morgan fingerprint density at radius 1 is 1.38 bits per heavy atom. The van der Waals surface area contributed by atoms with E-state index >= 15 is 0 Å². The highest BCUT2D eigenvalue weighted by molar-refractivity contribution is 9.10. The SMILES string of the molecule is CCN(CC)C(=O)C(C)c1cccc(Br)c1. The van der Waals surface area contributed by atoms with Gasteiger partial charge in [-0.3, -0.25) is 4.79 Å². The van der Waals surface area contributed by atoms with E-state index in [1.165, 1.54) is 0 Å². The summed E-state index contributed by atoms with van der Waals surface area (Å²) >= 11 is 3.43. The van der Waals surface area contributed by atoms with Crippen LogP contribution in [0.5, 0.6) is 0 Å². The number of carbonyl (C=O) groups is 1. The molecule has 0 aliphatic heterocycles. The van der Waals surface area contributed by atoms with Gasteiger partial charge < -0.3 is 4.90 Å². The van der Waals surface area contributed by atoms with Crippen molar-refractivity contribution < 1.29 is 4.79 Å². The Morgan fingerprint density at radius 2 is 2.00 bits per heavy atom. The van der Waals surface area contributed by atoms with Crippen molar-refractivity contribution in [3.63, 3.8) is 0 Å². The van der Waals surface area contributed by atoms with Crippen LogP contribution in [0.25, 0.3) is 0 Å². The Kier molecular flexibility index (Phi) is 5.00. The Bertz CT molecular complexity index is 361. The highest BCUT2D eigenvalue weighted by Gasteiger charge is 2.19. The van der Waals surface area contributed by atoms with Gasteiger partial charge in [0.05, 0.1) is 5.92 Å². The minimum absolute atomic E-state index is 0.0719. The highest BCUT2D eigenvalue weighted by Crippen LogP contribution is 2.21. The number of nitrogens with zero attached hydrogens (tertiary/aromatic N) is 1. The lowest BCUT2D eigenvalue weighted by Gasteiger charge is -2.23. The molecule has 0 fully saturated rings. The zero-order chi connectivity index (χ0) is 12.1.